The molecule has 176 valence electrons. The number of hydrogen-bond acceptors (Lipinski definition) is 4. The minimum Gasteiger partial charge on any atom is -0.473 e. The summed E-state index contributed by atoms with van der Waals surface area (Å²) in [6, 6.07) is 14.1. The SMILES string of the molecule is CN=C(NCc1cccnc1OCc1ccccc1)NCC1CCCOC1C(C)(C)C.I. The number of halogens is 1. The van der Waals surface area contributed by atoms with Gasteiger partial charge < -0.3 is 20.1 Å². The highest BCUT2D eigenvalue weighted by Crippen LogP contribution is 2.33. The fourth-order valence-electron chi connectivity index (χ4n) is 4.05. The number of rotatable bonds is 7. The third-order valence-electron chi connectivity index (χ3n) is 5.57. The number of pyridine rings is 1. The van der Waals surface area contributed by atoms with E-state index in [4.69, 9.17) is 9.47 Å². The summed E-state index contributed by atoms with van der Waals surface area (Å²) in [5.41, 5.74) is 2.24. The monoisotopic (exact) mass is 552 g/mol. The Labute approximate surface area is 209 Å². The predicted molar refractivity (Wildman–Crippen MR) is 141 cm³/mol. The minimum absolute atomic E-state index is 0. The number of nitrogens with zero attached hydrogens (tertiary/aromatic N) is 2. The zero-order valence-corrected chi connectivity index (χ0v) is 22.0. The molecule has 0 saturated carbocycles. The molecule has 1 aromatic carbocycles. The molecule has 2 N–H and O–H groups in total. The van der Waals surface area contributed by atoms with Crippen LogP contribution in [0.5, 0.6) is 5.88 Å². The molecule has 0 radical (unpaired) electrons. The van der Waals surface area contributed by atoms with Crippen LogP contribution in [-0.2, 0) is 17.9 Å². The van der Waals surface area contributed by atoms with Gasteiger partial charge in [-0.2, -0.15) is 0 Å². The molecule has 0 bridgehead atoms. The molecule has 1 aromatic heterocycles. The van der Waals surface area contributed by atoms with Crippen molar-refractivity contribution in [1.29, 1.82) is 0 Å². The van der Waals surface area contributed by atoms with Crippen LogP contribution in [-0.4, -0.2) is 37.2 Å². The number of hydrogen-bond donors (Lipinski definition) is 2. The van der Waals surface area contributed by atoms with Crippen LogP contribution in [0.1, 0.15) is 44.7 Å². The minimum atomic E-state index is 0. The van der Waals surface area contributed by atoms with Crippen LogP contribution >= 0.6 is 24.0 Å². The lowest BCUT2D eigenvalue weighted by Crippen LogP contribution is -2.47. The van der Waals surface area contributed by atoms with Gasteiger partial charge in [0.25, 0.3) is 0 Å². The Kier molecular flexibility index (Phi) is 10.7. The van der Waals surface area contributed by atoms with Gasteiger partial charge in [-0.25, -0.2) is 4.98 Å². The lowest BCUT2D eigenvalue weighted by Gasteiger charge is -2.40. The normalized spacial score (nSPS) is 19.1. The van der Waals surface area contributed by atoms with E-state index < -0.39 is 0 Å². The molecule has 0 spiro atoms. The lowest BCUT2D eigenvalue weighted by atomic mass is 9.78. The number of aromatic nitrogens is 1. The molecule has 2 heterocycles. The van der Waals surface area contributed by atoms with Crippen molar-refractivity contribution in [2.75, 3.05) is 20.2 Å². The Morgan fingerprint density at radius 3 is 2.66 bits per heavy atom. The Morgan fingerprint density at radius 1 is 1.16 bits per heavy atom. The number of nitrogens with one attached hydrogen (secondary N) is 2. The molecule has 1 saturated heterocycles. The zero-order valence-electron chi connectivity index (χ0n) is 19.6. The standard InChI is InChI=1S/C25H36N4O2.HI/c1-25(2,3)22-20(13-9-15-30-22)16-28-24(26-4)29-17-21-12-8-14-27-23(21)31-18-19-10-6-5-7-11-19;/h5-8,10-12,14,20,22H,9,13,15-18H2,1-4H3,(H2,26,28,29);1H. The summed E-state index contributed by atoms with van der Waals surface area (Å²) in [7, 11) is 1.80. The maximum atomic E-state index is 6.10. The quantitative estimate of drug-likeness (QED) is 0.294. The summed E-state index contributed by atoms with van der Waals surface area (Å²) in [5.74, 6) is 1.88. The van der Waals surface area contributed by atoms with E-state index in [-0.39, 0.29) is 35.5 Å². The number of guanidine groups is 1. The number of ether oxygens (including phenoxy) is 2. The first kappa shape index (κ1) is 26.4. The van der Waals surface area contributed by atoms with Gasteiger partial charge in [0.05, 0.1) is 6.10 Å². The summed E-state index contributed by atoms with van der Waals surface area (Å²) in [6.45, 7) is 9.53. The summed E-state index contributed by atoms with van der Waals surface area (Å²) in [5, 5.41) is 6.88. The van der Waals surface area contributed by atoms with Crippen molar-refractivity contribution in [3.05, 3.63) is 59.8 Å². The molecule has 1 fully saturated rings. The Hall–Kier alpha value is -1.87. The molecule has 6 nitrogen and oxygen atoms in total. The first-order valence-corrected chi connectivity index (χ1v) is 11.1. The fourth-order valence-corrected chi connectivity index (χ4v) is 4.05. The van der Waals surface area contributed by atoms with Gasteiger partial charge in [-0.15, -0.1) is 24.0 Å². The van der Waals surface area contributed by atoms with E-state index in [0.29, 0.717) is 24.9 Å². The summed E-state index contributed by atoms with van der Waals surface area (Å²) in [6.07, 6.45) is 4.30. The molecule has 2 unspecified atom stereocenters. The summed E-state index contributed by atoms with van der Waals surface area (Å²) >= 11 is 0. The van der Waals surface area contributed by atoms with Crippen LogP contribution in [0, 0.1) is 11.3 Å². The molecular weight excluding hydrogens is 515 g/mol. The Balaban J connectivity index is 0.00000363. The fraction of sp³-hybridized carbons (Fsp3) is 0.520. The average Bonchev–Trinajstić information content (AvgIpc) is 2.78. The molecule has 1 aliphatic rings. The van der Waals surface area contributed by atoms with Crippen LogP contribution in [0.15, 0.2) is 53.7 Å². The van der Waals surface area contributed by atoms with Crippen LogP contribution in [0.25, 0.3) is 0 Å². The second kappa shape index (κ2) is 13.0. The molecule has 3 rings (SSSR count). The van der Waals surface area contributed by atoms with Gasteiger partial charge in [-0.3, -0.25) is 4.99 Å². The van der Waals surface area contributed by atoms with Crippen LogP contribution in [0.2, 0.25) is 0 Å². The van der Waals surface area contributed by atoms with Gasteiger partial charge in [0, 0.05) is 44.4 Å². The zero-order chi connectivity index (χ0) is 22.1. The molecule has 2 aromatic rings. The van der Waals surface area contributed by atoms with E-state index in [9.17, 15) is 0 Å². The summed E-state index contributed by atoms with van der Waals surface area (Å²) < 4.78 is 12.1. The number of benzene rings is 1. The highest BCUT2D eigenvalue weighted by molar-refractivity contribution is 14.0. The molecule has 2 atom stereocenters. The maximum absolute atomic E-state index is 6.10. The Morgan fingerprint density at radius 2 is 1.94 bits per heavy atom. The van der Waals surface area contributed by atoms with E-state index in [0.717, 1.165) is 36.7 Å². The maximum Gasteiger partial charge on any atom is 0.218 e. The second-order valence-corrected chi connectivity index (χ2v) is 9.11. The highest BCUT2D eigenvalue weighted by Gasteiger charge is 2.35. The molecular formula is C25H37IN4O2. The molecule has 32 heavy (non-hydrogen) atoms. The Bertz CT molecular complexity index is 839. The van der Waals surface area contributed by atoms with Gasteiger partial charge in [-0.1, -0.05) is 57.2 Å². The van der Waals surface area contributed by atoms with Crippen molar-refractivity contribution >= 4 is 29.9 Å². The molecule has 1 aliphatic heterocycles. The topological polar surface area (TPSA) is 67.8 Å². The first-order valence-electron chi connectivity index (χ1n) is 11.1. The smallest absolute Gasteiger partial charge is 0.218 e. The highest BCUT2D eigenvalue weighted by atomic mass is 127. The van der Waals surface area contributed by atoms with Crippen molar-refractivity contribution in [2.45, 2.75) is 52.9 Å². The number of aliphatic imine (C=N–C) groups is 1. The van der Waals surface area contributed by atoms with Crippen LogP contribution < -0.4 is 15.4 Å². The van der Waals surface area contributed by atoms with Crippen LogP contribution in [0.4, 0.5) is 0 Å². The van der Waals surface area contributed by atoms with E-state index in [1.807, 2.05) is 42.5 Å². The average molecular weight is 553 g/mol. The van der Waals surface area contributed by atoms with Gasteiger partial charge in [0.15, 0.2) is 5.96 Å². The van der Waals surface area contributed by atoms with E-state index >= 15 is 0 Å². The van der Waals surface area contributed by atoms with Gasteiger partial charge in [0.1, 0.15) is 6.61 Å². The third-order valence-corrected chi connectivity index (χ3v) is 5.57. The molecule has 7 heteroatoms. The van der Waals surface area contributed by atoms with Crippen molar-refractivity contribution < 1.29 is 9.47 Å². The summed E-state index contributed by atoms with van der Waals surface area (Å²) in [4.78, 5) is 8.81. The lowest BCUT2D eigenvalue weighted by molar-refractivity contribution is -0.0835. The van der Waals surface area contributed by atoms with Crippen molar-refractivity contribution in [3.8, 4) is 5.88 Å². The van der Waals surface area contributed by atoms with E-state index in [1.165, 1.54) is 6.42 Å². The van der Waals surface area contributed by atoms with Gasteiger partial charge in [0.2, 0.25) is 5.88 Å². The van der Waals surface area contributed by atoms with Gasteiger partial charge in [-0.05, 0) is 29.9 Å². The van der Waals surface area contributed by atoms with E-state index in [1.54, 1.807) is 13.2 Å². The van der Waals surface area contributed by atoms with Crippen molar-refractivity contribution in [3.63, 3.8) is 0 Å². The van der Waals surface area contributed by atoms with Crippen molar-refractivity contribution in [1.82, 2.24) is 15.6 Å². The van der Waals surface area contributed by atoms with Crippen LogP contribution in [0.3, 0.4) is 0 Å². The van der Waals surface area contributed by atoms with Crippen molar-refractivity contribution in [2.24, 2.45) is 16.3 Å². The predicted octanol–water partition coefficient (Wildman–Crippen LogP) is 4.78. The second-order valence-electron chi connectivity index (χ2n) is 9.11. The third kappa shape index (κ3) is 7.92. The van der Waals surface area contributed by atoms with E-state index in [2.05, 4.69) is 41.4 Å². The molecule has 0 aliphatic carbocycles. The van der Waals surface area contributed by atoms with Gasteiger partial charge >= 0.3 is 0 Å². The first-order chi connectivity index (χ1) is 15.0. The molecule has 0 amide bonds. The largest absolute Gasteiger partial charge is 0.473 e.